The van der Waals surface area contributed by atoms with Gasteiger partial charge < -0.3 is 4.52 Å². The van der Waals surface area contributed by atoms with Crippen molar-refractivity contribution in [3.05, 3.63) is 47.6 Å². The van der Waals surface area contributed by atoms with Crippen molar-refractivity contribution in [3.63, 3.8) is 0 Å². The summed E-state index contributed by atoms with van der Waals surface area (Å²) < 4.78 is 23.2. The number of thiol groups is 1. The lowest BCUT2D eigenvalue weighted by atomic mass is 10.0. The molecule has 0 aliphatic heterocycles. The Bertz CT molecular complexity index is 772. The third kappa shape index (κ3) is 3.93. The topological polar surface area (TPSA) is 99.1 Å². The number of rotatable bonds is 3. The molecule has 4 rings (SSSR count). The fourth-order valence-electron chi connectivity index (χ4n) is 4.11. The van der Waals surface area contributed by atoms with E-state index in [2.05, 4.69) is 54.5 Å². The molecule has 0 bridgehead atoms. The Morgan fingerprint density at radius 3 is 2.32 bits per heavy atom. The molecule has 136 valence electrons. The SMILES string of the molecule is CC1(C)[C@@H](c2ccccc2)[C@@H]1c1noc(C2CCCC2)n1.N[SH](=O)=O. The normalized spacial score (nSPS) is 24.8. The number of benzene rings is 1. The number of nitrogens with zero attached hydrogens (tertiary/aromatic N) is 2. The standard InChI is InChI=1S/C18H22N2O.H3NO2S/c1-18(2)14(12-8-4-3-5-9-12)15(18)16-19-17(21-20-16)13-10-6-7-11-13;1-4(2)3/h3-5,8-9,13-15H,6-7,10-11H2,1-2H3;4H,(H2,1,2,3)/t14-,15+;/m0./s1. The summed E-state index contributed by atoms with van der Waals surface area (Å²) in [7, 11) is -2.62. The van der Waals surface area contributed by atoms with E-state index in [1.165, 1.54) is 31.2 Å². The molecule has 2 N–H and O–H groups in total. The zero-order valence-electron chi connectivity index (χ0n) is 14.6. The maximum Gasteiger partial charge on any atom is 0.229 e. The molecule has 2 saturated carbocycles. The van der Waals surface area contributed by atoms with E-state index >= 15 is 0 Å². The van der Waals surface area contributed by atoms with Crippen LogP contribution in [0.5, 0.6) is 0 Å². The Morgan fingerprint density at radius 1 is 1.12 bits per heavy atom. The molecule has 1 aromatic carbocycles. The molecule has 2 fully saturated rings. The van der Waals surface area contributed by atoms with Crippen molar-refractivity contribution in [2.45, 2.75) is 57.3 Å². The van der Waals surface area contributed by atoms with Crippen LogP contribution < -0.4 is 5.14 Å². The molecule has 25 heavy (non-hydrogen) atoms. The van der Waals surface area contributed by atoms with Gasteiger partial charge in [-0.15, -0.1) is 0 Å². The fraction of sp³-hybridized carbons (Fsp3) is 0.556. The molecule has 1 aromatic heterocycles. The Balaban J connectivity index is 0.000000415. The number of hydrogen-bond donors (Lipinski definition) is 2. The van der Waals surface area contributed by atoms with Crippen LogP contribution in [0.4, 0.5) is 0 Å². The summed E-state index contributed by atoms with van der Waals surface area (Å²) in [6.45, 7) is 4.61. The molecular formula is C18H25N3O3S. The third-order valence-corrected chi connectivity index (χ3v) is 5.43. The van der Waals surface area contributed by atoms with Gasteiger partial charge in [0.1, 0.15) is 0 Å². The minimum Gasteiger partial charge on any atom is -0.339 e. The highest BCUT2D eigenvalue weighted by molar-refractivity contribution is 7.69. The summed E-state index contributed by atoms with van der Waals surface area (Å²) >= 11 is 0. The van der Waals surface area contributed by atoms with Crippen molar-refractivity contribution in [1.29, 1.82) is 0 Å². The van der Waals surface area contributed by atoms with Gasteiger partial charge in [-0.2, -0.15) is 4.98 Å². The lowest BCUT2D eigenvalue weighted by Gasteiger charge is -2.01. The van der Waals surface area contributed by atoms with Crippen LogP contribution >= 0.6 is 0 Å². The molecular weight excluding hydrogens is 338 g/mol. The Morgan fingerprint density at radius 2 is 1.72 bits per heavy atom. The Hall–Kier alpha value is -1.73. The molecule has 2 atom stereocenters. The molecule has 0 spiro atoms. The van der Waals surface area contributed by atoms with E-state index in [0.29, 0.717) is 17.8 Å². The van der Waals surface area contributed by atoms with Crippen LogP contribution in [0.1, 0.15) is 74.6 Å². The molecule has 2 aliphatic carbocycles. The second kappa shape index (κ2) is 7.25. The van der Waals surface area contributed by atoms with Crippen LogP contribution in [0.25, 0.3) is 0 Å². The van der Waals surface area contributed by atoms with Gasteiger partial charge in [0.15, 0.2) is 16.7 Å². The van der Waals surface area contributed by atoms with Gasteiger partial charge >= 0.3 is 0 Å². The highest BCUT2D eigenvalue weighted by Crippen LogP contribution is 2.69. The minimum atomic E-state index is -2.62. The van der Waals surface area contributed by atoms with Crippen LogP contribution in [0.3, 0.4) is 0 Å². The van der Waals surface area contributed by atoms with Crippen molar-refractivity contribution in [3.8, 4) is 0 Å². The lowest BCUT2D eigenvalue weighted by molar-refractivity contribution is 0.349. The zero-order valence-corrected chi connectivity index (χ0v) is 15.5. The van der Waals surface area contributed by atoms with Gasteiger partial charge in [-0.25, -0.2) is 13.6 Å². The summed E-state index contributed by atoms with van der Waals surface area (Å²) in [5.74, 6) is 3.18. The highest BCUT2D eigenvalue weighted by Gasteiger charge is 2.61. The van der Waals surface area contributed by atoms with Crippen molar-refractivity contribution < 1.29 is 12.9 Å². The Labute approximate surface area is 149 Å². The van der Waals surface area contributed by atoms with Crippen LogP contribution in [0.2, 0.25) is 0 Å². The maximum absolute atomic E-state index is 8.81. The summed E-state index contributed by atoms with van der Waals surface area (Å²) in [5.41, 5.74) is 1.61. The zero-order chi connectivity index (χ0) is 18.0. The van der Waals surface area contributed by atoms with Gasteiger partial charge in [0.05, 0.1) is 0 Å². The number of aromatic nitrogens is 2. The van der Waals surface area contributed by atoms with E-state index in [4.69, 9.17) is 17.9 Å². The van der Waals surface area contributed by atoms with E-state index < -0.39 is 10.9 Å². The predicted molar refractivity (Wildman–Crippen MR) is 95.7 cm³/mol. The first-order valence-corrected chi connectivity index (χ1v) is 9.93. The molecule has 6 nitrogen and oxygen atoms in total. The summed E-state index contributed by atoms with van der Waals surface area (Å²) in [4.78, 5) is 4.75. The van der Waals surface area contributed by atoms with Crippen molar-refractivity contribution in [1.82, 2.24) is 10.1 Å². The van der Waals surface area contributed by atoms with Crippen molar-refractivity contribution in [2.75, 3.05) is 0 Å². The highest BCUT2D eigenvalue weighted by atomic mass is 32.2. The first-order valence-electron chi connectivity index (χ1n) is 8.68. The van der Waals surface area contributed by atoms with Crippen molar-refractivity contribution in [2.24, 2.45) is 10.6 Å². The number of hydrogen-bond acceptors (Lipinski definition) is 5. The molecule has 1 heterocycles. The van der Waals surface area contributed by atoms with Gasteiger partial charge in [-0.05, 0) is 23.8 Å². The average Bonchev–Trinajstić information content (AvgIpc) is 3.04. The third-order valence-electron chi connectivity index (χ3n) is 5.43. The van der Waals surface area contributed by atoms with Crippen LogP contribution in [0.15, 0.2) is 34.9 Å². The van der Waals surface area contributed by atoms with Crippen LogP contribution in [-0.4, -0.2) is 18.6 Å². The van der Waals surface area contributed by atoms with Gasteiger partial charge in [-0.1, -0.05) is 62.2 Å². The summed E-state index contributed by atoms with van der Waals surface area (Å²) in [6.07, 6.45) is 5.00. The number of nitrogens with two attached hydrogens (primary N) is 1. The fourth-order valence-corrected chi connectivity index (χ4v) is 4.11. The molecule has 7 heteroatoms. The smallest absolute Gasteiger partial charge is 0.229 e. The van der Waals surface area contributed by atoms with E-state index in [9.17, 15) is 0 Å². The van der Waals surface area contributed by atoms with Crippen LogP contribution in [-0.2, 0) is 10.9 Å². The van der Waals surface area contributed by atoms with Crippen molar-refractivity contribution >= 4 is 10.9 Å². The molecule has 0 saturated heterocycles. The monoisotopic (exact) mass is 363 g/mol. The van der Waals surface area contributed by atoms with E-state index in [-0.39, 0.29) is 5.41 Å². The quantitative estimate of drug-likeness (QED) is 0.816. The maximum atomic E-state index is 8.81. The van der Waals surface area contributed by atoms with Gasteiger partial charge in [0.2, 0.25) is 5.89 Å². The Kier molecular flexibility index (Phi) is 5.24. The largest absolute Gasteiger partial charge is 0.339 e. The molecule has 2 aliphatic rings. The van der Waals surface area contributed by atoms with Gasteiger partial charge in [0.25, 0.3) is 0 Å². The summed E-state index contributed by atoms with van der Waals surface area (Å²) in [5, 5.41) is 8.37. The molecule has 2 aromatic rings. The van der Waals surface area contributed by atoms with E-state index in [0.717, 1.165) is 11.7 Å². The molecule has 0 unspecified atom stereocenters. The molecule has 0 radical (unpaired) electrons. The lowest BCUT2D eigenvalue weighted by Crippen LogP contribution is -1.95. The first-order chi connectivity index (χ1) is 11.9. The summed E-state index contributed by atoms with van der Waals surface area (Å²) in [6, 6.07) is 10.7. The second-order valence-corrected chi connectivity index (χ2v) is 8.02. The van der Waals surface area contributed by atoms with E-state index in [1.807, 2.05) is 0 Å². The van der Waals surface area contributed by atoms with Gasteiger partial charge in [0, 0.05) is 17.8 Å². The van der Waals surface area contributed by atoms with Crippen LogP contribution in [0, 0.1) is 5.41 Å². The molecule has 0 amide bonds. The van der Waals surface area contributed by atoms with E-state index in [1.54, 1.807) is 0 Å². The predicted octanol–water partition coefficient (Wildman–Crippen LogP) is 3.11. The second-order valence-electron chi connectivity index (χ2n) is 7.44. The first kappa shape index (κ1) is 18.1. The minimum absolute atomic E-state index is 0.220. The van der Waals surface area contributed by atoms with Gasteiger partial charge in [-0.3, -0.25) is 0 Å². The average molecular weight is 363 g/mol.